The van der Waals surface area contributed by atoms with Crippen LogP contribution >= 0.6 is 15.9 Å². The van der Waals surface area contributed by atoms with Gasteiger partial charge in [-0.1, -0.05) is 22.9 Å². The molecule has 1 heterocycles. The van der Waals surface area contributed by atoms with Crippen molar-refractivity contribution in [3.05, 3.63) is 34.1 Å². The molecule has 0 aliphatic heterocycles. The van der Waals surface area contributed by atoms with E-state index >= 15 is 0 Å². The maximum Gasteiger partial charge on any atom is 0.212 e. The van der Waals surface area contributed by atoms with Gasteiger partial charge in [0.25, 0.3) is 0 Å². The Balaban J connectivity index is 2.03. The van der Waals surface area contributed by atoms with E-state index in [4.69, 9.17) is 10.5 Å². The van der Waals surface area contributed by atoms with Crippen LogP contribution in [0.25, 0.3) is 0 Å². The molecule has 0 aliphatic carbocycles. The Kier molecular flexibility index (Phi) is 5.08. The Morgan fingerprint density at radius 2 is 2.25 bits per heavy atom. The van der Waals surface area contributed by atoms with Crippen molar-refractivity contribution >= 4 is 15.9 Å². The van der Waals surface area contributed by atoms with Crippen molar-refractivity contribution in [3.63, 3.8) is 0 Å². The van der Waals surface area contributed by atoms with Gasteiger partial charge >= 0.3 is 0 Å². The summed E-state index contributed by atoms with van der Waals surface area (Å²) in [5.74, 6) is 1.33. The lowest BCUT2D eigenvalue weighted by Gasteiger charge is -2.12. The molecule has 108 valence electrons. The fourth-order valence-corrected chi connectivity index (χ4v) is 2.16. The molecule has 0 aliphatic rings. The summed E-state index contributed by atoms with van der Waals surface area (Å²) < 4.78 is 6.72. The number of ether oxygens (including phenoxy) is 1. The number of benzene rings is 1. The molecule has 6 nitrogen and oxygen atoms in total. The van der Waals surface area contributed by atoms with Crippen LogP contribution in [-0.4, -0.2) is 26.2 Å². The van der Waals surface area contributed by atoms with Crippen LogP contribution in [0.4, 0.5) is 0 Å². The minimum absolute atomic E-state index is 0.156. The molecule has 7 heteroatoms. The van der Waals surface area contributed by atoms with Gasteiger partial charge in [-0.2, -0.15) is 4.80 Å². The second-order valence-electron chi connectivity index (χ2n) is 4.61. The lowest BCUT2D eigenvalue weighted by Crippen LogP contribution is -2.21. The maximum atomic E-state index is 6.00. The number of nitrogens with two attached hydrogens (primary N) is 1. The van der Waals surface area contributed by atoms with Crippen LogP contribution in [0.1, 0.15) is 24.7 Å². The van der Waals surface area contributed by atoms with Crippen LogP contribution in [0.3, 0.4) is 0 Å². The van der Waals surface area contributed by atoms with Crippen LogP contribution < -0.4 is 10.5 Å². The van der Waals surface area contributed by atoms with E-state index in [1.807, 2.05) is 18.2 Å². The van der Waals surface area contributed by atoms with E-state index in [9.17, 15) is 0 Å². The molecule has 0 fully saturated rings. The summed E-state index contributed by atoms with van der Waals surface area (Å²) in [6.45, 7) is 2.38. The summed E-state index contributed by atoms with van der Waals surface area (Å²) in [6, 6.07) is 6.03. The van der Waals surface area contributed by atoms with Gasteiger partial charge in [-0.3, -0.25) is 0 Å². The Hall–Kier alpha value is -1.47. The molecule has 1 aromatic heterocycles. The Morgan fingerprint density at radius 1 is 1.45 bits per heavy atom. The van der Waals surface area contributed by atoms with Gasteiger partial charge in [0.2, 0.25) is 5.82 Å². The van der Waals surface area contributed by atoms with Crippen molar-refractivity contribution in [2.45, 2.75) is 32.4 Å². The largest absolute Gasteiger partial charge is 0.485 e. The lowest BCUT2D eigenvalue weighted by molar-refractivity contribution is 0.295. The van der Waals surface area contributed by atoms with Crippen LogP contribution in [0.2, 0.25) is 0 Å². The predicted molar refractivity (Wildman–Crippen MR) is 79.2 cm³/mol. The molecule has 1 atom stereocenters. The van der Waals surface area contributed by atoms with Crippen molar-refractivity contribution in [3.8, 4) is 5.75 Å². The second kappa shape index (κ2) is 6.81. The highest BCUT2D eigenvalue weighted by Gasteiger charge is 2.08. The van der Waals surface area contributed by atoms with Gasteiger partial charge in [-0.25, -0.2) is 0 Å². The fourth-order valence-electron chi connectivity index (χ4n) is 1.75. The van der Waals surface area contributed by atoms with Crippen molar-refractivity contribution in [1.29, 1.82) is 0 Å². The molecule has 2 rings (SSSR count). The highest BCUT2D eigenvalue weighted by atomic mass is 79.9. The molecule has 0 amide bonds. The molecular weight excluding hydrogens is 322 g/mol. The quantitative estimate of drug-likeness (QED) is 0.868. The summed E-state index contributed by atoms with van der Waals surface area (Å²) in [5, 5.41) is 11.7. The van der Waals surface area contributed by atoms with E-state index < -0.39 is 0 Å². The molecule has 0 spiro atoms. The lowest BCUT2D eigenvalue weighted by atomic mass is 10.0. The smallest absolute Gasteiger partial charge is 0.212 e. The van der Waals surface area contributed by atoms with Crippen molar-refractivity contribution < 1.29 is 4.74 Å². The van der Waals surface area contributed by atoms with Crippen molar-refractivity contribution in [1.82, 2.24) is 20.2 Å². The zero-order chi connectivity index (χ0) is 14.5. The average molecular weight is 340 g/mol. The summed E-state index contributed by atoms with van der Waals surface area (Å²) in [7, 11) is 1.72. The maximum absolute atomic E-state index is 6.00. The van der Waals surface area contributed by atoms with Crippen LogP contribution in [0, 0.1) is 0 Å². The average Bonchev–Trinajstić information content (AvgIpc) is 2.85. The Bertz CT molecular complexity index is 572. The number of aromatic nitrogens is 4. The number of hydrogen-bond donors (Lipinski definition) is 1. The molecule has 0 bridgehead atoms. The second-order valence-corrected chi connectivity index (χ2v) is 5.46. The van der Waals surface area contributed by atoms with Crippen LogP contribution in [0.5, 0.6) is 5.75 Å². The van der Waals surface area contributed by atoms with Crippen molar-refractivity contribution in [2.24, 2.45) is 12.8 Å². The summed E-state index contributed by atoms with van der Waals surface area (Å²) in [4.78, 5) is 1.41. The van der Waals surface area contributed by atoms with Crippen LogP contribution in [-0.2, 0) is 20.1 Å². The van der Waals surface area contributed by atoms with Gasteiger partial charge in [-0.05, 0) is 41.8 Å². The molecule has 0 radical (unpaired) electrons. The number of aryl methyl sites for hydroxylation is 1. The SMILES string of the molecule is CCC(N)Cc1cc(OCc2nnn(C)n2)ccc1Br. The van der Waals surface area contributed by atoms with Gasteiger partial charge in [0.15, 0.2) is 6.61 Å². The molecule has 20 heavy (non-hydrogen) atoms. The van der Waals surface area contributed by atoms with Gasteiger partial charge in [0.05, 0.1) is 7.05 Å². The van der Waals surface area contributed by atoms with Gasteiger partial charge in [0.1, 0.15) is 5.75 Å². The third-order valence-corrected chi connectivity index (χ3v) is 3.71. The molecule has 2 N–H and O–H groups in total. The Labute approximate surface area is 126 Å². The van der Waals surface area contributed by atoms with E-state index in [-0.39, 0.29) is 6.04 Å². The molecule has 1 unspecified atom stereocenters. The normalized spacial score (nSPS) is 12.4. The van der Waals surface area contributed by atoms with Gasteiger partial charge in [-0.15, -0.1) is 10.2 Å². The summed E-state index contributed by atoms with van der Waals surface area (Å²) in [5.41, 5.74) is 7.14. The van der Waals surface area contributed by atoms with Gasteiger partial charge in [0, 0.05) is 10.5 Å². The minimum atomic E-state index is 0.156. The third-order valence-electron chi connectivity index (χ3n) is 2.94. The monoisotopic (exact) mass is 339 g/mol. The predicted octanol–water partition coefficient (Wildman–Crippen LogP) is 1.83. The first kappa shape index (κ1) is 14.9. The zero-order valence-corrected chi connectivity index (χ0v) is 13.2. The number of rotatable bonds is 6. The number of tetrazole rings is 1. The standard InChI is InChI=1S/C13H18BrN5O/c1-3-10(15)6-9-7-11(4-5-12(9)14)20-8-13-16-18-19(2)17-13/h4-5,7,10H,3,6,8,15H2,1-2H3. The van der Waals surface area contributed by atoms with E-state index in [2.05, 4.69) is 38.3 Å². The number of halogens is 1. The molecule has 0 saturated heterocycles. The highest BCUT2D eigenvalue weighted by Crippen LogP contribution is 2.24. The highest BCUT2D eigenvalue weighted by molar-refractivity contribution is 9.10. The van der Waals surface area contributed by atoms with E-state index in [1.54, 1.807) is 7.05 Å². The first-order valence-electron chi connectivity index (χ1n) is 6.48. The Morgan fingerprint density at radius 3 is 2.90 bits per heavy atom. The van der Waals surface area contributed by atoms with E-state index in [1.165, 1.54) is 4.80 Å². The van der Waals surface area contributed by atoms with Crippen molar-refractivity contribution in [2.75, 3.05) is 0 Å². The molecule has 0 saturated carbocycles. The number of hydrogen-bond acceptors (Lipinski definition) is 5. The first-order valence-corrected chi connectivity index (χ1v) is 7.27. The first-order chi connectivity index (χ1) is 9.58. The summed E-state index contributed by atoms with van der Waals surface area (Å²) in [6.07, 6.45) is 1.76. The minimum Gasteiger partial charge on any atom is -0.485 e. The molecule has 2 aromatic rings. The molecule has 1 aromatic carbocycles. The van der Waals surface area contributed by atoms with E-state index in [0.717, 1.165) is 28.6 Å². The summed E-state index contributed by atoms with van der Waals surface area (Å²) >= 11 is 3.54. The van der Waals surface area contributed by atoms with Gasteiger partial charge < -0.3 is 10.5 Å². The fraction of sp³-hybridized carbons (Fsp3) is 0.462. The topological polar surface area (TPSA) is 78.9 Å². The third kappa shape index (κ3) is 4.01. The van der Waals surface area contributed by atoms with Crippen LogP contribution in [0.15, 0.2) is 22.7 Å². The van der Waals surface area contributed by atoms with E-state index in [0.29, 0.717) is 12.4 Å². The zero-order valence-electron chi connectivity index (χ0n) is 11.6. The number of nitrogens with zero attached hydrogens (tertiary/aromatic N) is 4. The molecular formula is C13H18BrN5O.